The van der Waals surface area contributed by atoms with Crippen LogP contribution in [0.5, 0.6) is 0 Å². The van der Waals surface area contributed by atoms with Crippen LogP contribution in [0.25, 0.3) is 0 Å². The summed E-state index contributed by atoms with van der Waals surface area (Å²) in [6.07, 6.45) is 2.02. The molecular formula is C9H11BrO4. The van der Waals surface area contributed by atoms with E-state index >= 15 is 0 Å². The fourth-order valence-corrected chi connectivity index (χ4v) is 2.32. The van der Waals surface area contributed by atoms with Gasteiger partial charge in [0.05, 0.1) is 12.7 Å². The lowest BCUT2D eigenvalue weighted by molar-refractivity contribution is -0.138. The first-order valence-corrected chi connectivity index (χ1v) is 5.18. The Labute approximate surface area is 90.1 Å². The molecule has 0 spiro atoms. The fraction of sp³-hybridized carbons (Fsp3) is 0.556. The molecule has 0 fully saturated rings. The van der Waals surface area contributed by atoms with E-state index in [9.17, 15) is 9.59 Å². The molecule has 0 radical (unpaired) electrons. The third-order valence-corrected chi connectivity index (χ3v) is 3.10. The summed E-state index contributed by atoms with van der Waals surface area (Å²) < 4.78 is 4.54. The minimum atomic E-state index is -1.05. The second kappa shape index (κ2) is 4.59. The topological polar surface area (TPSA) is 63.6 Å². The molecule has 1 N–H and O–H groups in total. The lowest BCUT2D eigenvalue weighted by Crippen LogP contribution is -2.23. The standard InChI is InChI=1S/C9H11BrO4/c1-14-9(13)5-3-2-4-6(10)7(5)8(11)12/h6H,2-4H2,1H3,(H,11,12). The minimum Gasteiger partial charge on any atom is -0.478 e. The molecule has 1 atom stereocenters. The van der Waals surface area contributed by atoms with Crippen molar-refractivity contribution in [3.8, 4) is 0 Å². The van der Waals surface area contributed by atoms with Crippen molar-refractivity contribution in [1.29, 1.82) is 0 Å². The van der Waals surface area contributed by atoms with Gasteiger partial charge in [0, 0.05) is 10.4 Å². The highest BCUT2D eigenvalue weighted by Crippen LogP contribution is 2.30. The SMILES string of the molecule is COC(=O)C1=C(C(=O)O)C(Br)CCC1. The molecule has 78 valence electrons. The molecular weight excluding hydrogens is 252 g/mol. The molecule has 14 heavy (non-hydrogen) atoms. The van der Waals surface area contributed by atoms with E-state index in [1.54, 1.807) is 0 Å². The molecule has 0 amide bonds. The second-order valence-corrected chi connectivity index (χ2v) is 4.15. The number of rotatable bonds is 2. The van der Waals surface area contributed by atoms with Gasteiger partial charge in [-0.3, -0.25) is 0 Å². The maximum atomic E-state index is 11.3. The van der Waals surface area contributed by atoms with E-state index < -0.39 is 11.9 Å². The van der Waals surface area contributed by atoms with Crippen LogP contribution < -0.4 is 0 Å². The van der Waals surface area contributed by atoms with E-state index in [1.165, 1.54) is 7.11 Å². The van der Waals surface area contributed by atoms with Crippen LogP contribution in [-0.2, 0) is 14.3 Å². The third kappa shape index (κ3) is 2.15. The molecule has 1 rings (SSSR count). The number of methoxy groups -OCH3 is 1. The normalized spacial score (nSPS) is 22.0. The van der Waals surface area contributed by atoms with Crippen molar-refractivity contribution in [2.24, 2.45) is 0 Å². The summed E-state index contributed by atoms with van der Waals surface area (Å²) in [5.41, 5.74) is 0.427. The zero-order valence-corrected chi connectivity index (χ0v) is 9.33. The Morgan fingerprint density at radius 1 is 1.57 bits per heavy atom. The number of halogens is 1. The number of hydrogen-bond acceptors (Lipinski definition) is 3. The number of alkyl halides is 1. The molecule has 5 heteroatoms. The average Bonchev–Trinajstić information content (AvgIpc) is 2.15. The van der Waals surface area contributed by atoms with E-state index in [0.29, 0.717) is 6.42 Å². The van der Waals surface area contributed by atoms with E-state index in [0.717, 1.165) is 12.8 Å². The van der Waals surface area contributed by atoms with Gasteiger partial charge in [-0.05, 0) is 19.3 Å². The van der Waals surface area contributed by atoms with Gasteiger partial charge in [-0.15, -0.1) is 0 Å². The Balaban J connectivity index is 3.09. The Bertz CT molecular complexity index is 295. The summed E-state index contributed by atoms with van der Waals surface area (Å²) in [7, 11) is 1.26. The molecule has 1 aliphatic rings. The average molecular weight is 263 g/mol. The van der Waals surface area contributed by atoms with Gasteiger partial charge in [0.25, 0.3) is 0 Å². The summed E-state index contributed by atoms with van der Waals surface area (Å²) in [5.74, 6) is -1.58. The van der Waals surface area contributed by atoms with Crippen molar-refractivity contribution in [1.82, 2.24) is 0 Å². The van der Waals surface area contributed by atoms with Gasteiger partial charge in [0.1, 0.15) is 0 Å². The van der Waals surface area contributed by atoms with E-state index in [2.05, 4.69) is 20.7 Å². The summed E-state index contributed by atoms with van der Waals surface area (Å²) >= 11 is 3.25. The summed E-state index contributed by atoms with van der Waals surface area (Å²) in [4.78, 5) is 21.9. The molecule has 0 saturated heterocycles. The van der Waals surface area contributed by atoms with Gasteiger partial charge in [-0.1, -0.05) is 15.9 Å². The van der Waals surface area contributed by atoms with Crippen LogP contribution in [-0.4, -0.2) is 29.0 Å². The number of carboxylic acid groups (broad SMARTS) is 1. The van der Waals surface area contributed by atoms with Crippen LogP contribution in [0.3, 0.4) is 0 Å². The van der Waals surface area contributed by atoms with Gasteiger partial charge < -0.3 is 9.84 Å². The molecule has 1 aliphatic carbocycles. The molecule has 1 unspecified atom stereocenters. The predicted octanol–water partition coefficient (Wildman–Crippen LogP) is 1.49. The minimum absolute atomic E-state index is 0.142. The number of esters is 1. The molecule has 0 heterocycles. The first kappa shape index (κ1) is 11.2. The number of carboxylic acids is 1. The Morgan fingerprint density at radius 2 is 2.21 bits per heavy atom. The molecule has 0 aromatic rings. The predicted molar refractivity (Wildman–Crippen MR) is 53.2 cm³/mol. The molecule has 0 saturated carbocycles. The Morgan fingerprint density at radius 3 is 2.71 bits per heavy atom. The van der Waals surface area contributed by atoms with Crippen LogP contribution in [0.15, 0.2) is 11.1 Å². The molecule has 0 aromatic heterocycles. The maximum Gasteiger partial charge on any atom is 0.334 e. The van der Waals surface area contributed by atoms with Crippen LogP contribution in [0.2, 0.25) is 0 Å². The molecule has 0 bridgehead atoms. The highest BCUT2D eigenvalue weighted by Gasteiger charge is 2.30. The Hall–Kier alpha value is -0.840. The van der Waals surface area contributed by atoms with Crippen LogP contribution in [0.1, 0.15) is 19.3 Å². The maximum absolute atomic E-state index is 11.3. The zero-order valence-electron chi connectivity index (χ0n) is 7.75. The number of ether oxygens (including phenoxy) is 1. The number of carbonyl (C=O) groups excluding carboxylic acids is 1. The van der Waals surface area contributed by atoms with Crippen LogP contribution in [0, 0.1) is 0 Å². The van der Waals surface area contributed by atoms with Crippen molar-refractivity contribution < 1.29 is 19.4 Å². The first-order valence-electron chi connectivity index (χ1n) is 4.26. The fourth-order valence-electron chi connectivity index (χ4n) is 1.52. The van der Waals surface area contributed by atoms with Gasteiger partial charge >= 0.3 is 11.9 Å². The summed E-state index contributed by atoms with van der Waals surface area (Å²) in [6.45, 7) is 0. The van der Waals surface area contributed by atoms with Gasteiger partial charge in [-0.25, -0.2) is 9.59 Å². The quantitative estimate of drug-likeness (QED) is 0.605. The summed E-state index contributed by atoms with van der Waals surface area (Å²) in [6, 6.07) is 0. The van der Waals surface area contributed by atoms with Crippen LogP contribution >= 0.6 is 15.9 Å². The lowest BCUT2D eigenvalue weighted by Gasteiger charge is -2.20. The molecule has 0 aliphatic heterocycles. The van der Waals surface area contributed by atoms with Crippen molar-refractivity contribution >= 4 is 27.9 Å². The van der Waals surface area contributed by atoms with Crippen LogP contribution in [0.4, 0.5) is 0 Å². The Kier molecular flexibility index (Phi) is 3.69. The van der Waals surface area contributed by atoms with Gasteiger partial charge in [0.15, 0.2) is 0 Å². The van der Waals surface area contributed by atoms with E-state index in [1.807, 2.05) is 0 Å². The van der Waals surface area contributed by atoms with Gasteiger partial charge in [0.2, 0.25) is 0 Å². The molecule has 0 aromatic carbocycles. The van der Waals surface area contributed by atoms with Crippen molar-refractivity contribution in [3.05, 3.63) is 11.1 Å². The summed E-state index contributed by atoms with van der Waals surface area (Å²) in [5, 5.41) is 8.93. The highest BCUT2D eigenvalue weighted by atomic mass is 79.9. The lowest BCUT2D eigenvalue weighted by atomic mass is 9.91. The third-order valence-electron chi connectivity index (χ3n) is 2.18. The second-order valence-electron chi connectivity index (χ2n) is 3.05. The van der Waals surface area contributed by atoms with E-state index in [-0.39, 0.29) is 16.0 Å². The zero-order chi connectivity index (χ0) is 10.7. The molecule has 4 nitrogen and oxygen atoms in total. The highest BCUT2D eigenvalue weighted by molar-refractivity contribution is 9.09. The van der Waals surface area contributed by atoms with Crippen molar-refractivity contribution in [2.45, 2.75) is 24.1 Å². The first-order chi connectivity index (χ1) is 6.57. The smallest absolute Gasteiger partial charge is 0.334 e. The van der Waals surface area contributed by atoms with Crippen molar-refractivity contribution in [2.75, 3.05) is 7.11 Å². The monoisotopic (exact) mass is 262 g/mol. The van der Waals surface area contributed by atoms with Crippen molar-refractivity contribution in [3.63, 3.8) is 0 Å². The number of hydrogen-bond donors (Lipinski definition) is 1. The number of carbonyl (C=O) groups is 2. The van der Waals surface area contributed by atoms with Gasteiger partial charge in [-0.2, -0.15) is 0 Å². The number of aliphatic carboxylic acids is 1. The van der Waals surface area contributed by atoms with E-state index in [4.69, 9.17) is 5.11 Å². The largest absolute Gasteiger partial charge is 0.478 e.